The predicted octanol–water partition coefficient (Wildman–Crippen LogP) is 2.12. The second kappa shape index (κ2) is 7.98. The van der Waals surface area contributed by atoms with Crippen molar-refractivity contribution in [3.63, 3.8) is 0 Å². The van der Waals surface area contributed by atoms with Crippen LogP contribution in [-0.2, 0) is 0 Å². The van der Waals surface area contributed by atoms with Gasteiger partial charge in [-0.25, -0.2) is 4.98 Å². The highest BCUT2D eigenvalue weighted by atomic mass is 16.1. The van der Waals surface area contributed by atoms with Crippen molar-refractivity contribution in [3.8, 4) is 0 Å². The third kappa shape index (κ3) is 5.01. The van der Waals surface area contributed by atoms with Crippen LogP contribution in [0.4, 0.5) is 5.82 Å². The van der Waals surface area contributed by atoms with Gasteiger partial charge in [-0.1, -0.05) is 13.8 Å². The zero-order valence-electron chi connectivity index (χ0n) is 13.1. The Kier molecular flexibility index (Phi) is 5.99. The number of hydrogen-bond donors (Lipinski definition) is 2. The van der Waals surface area contributed by atoms with Crippen molar-refractivity contribution in [2.45, 2.75) is 39.2 Å². The molecule has 0 aliphatic heterocycles. The molecule has 1 aliphatic carbocycles. The van der Waals surface area contributed by atoms with E-state index in [1.807, 2.05) is 12.1 Å². The molecule has 21 heavy (non-hydrogen) atoms. The number of likely N-dealkylation sites (N-methyl/N-ethyl adjacent to an activating group) is 1. The number of amides is 1. The Morgan fingerprint density at radius 2 is 2.14 bits per heavy atom. The lowest BCUT2D eigenvalue weighted by atomic mass is 10.2. The third-order valence-electron chi connectivity index (χ3n) is 3.74. The molecule has 116 valence electrons. The molecule has 0 atom stereocenters. The molecule has 1 aliphatic rings. The van der Waals surface area contributed by atoms with Gasteiger partial charge in [-0.05, 0) is 37.9 Å². The Balaban J connectivity index is 1.74. The normalized spacial score (nSPS) is 14.2. The zero-order chi connectivity index (χ0) is 15.1. The number of nitrogens with zero attached hydrogens (tertiary/aromatic N) is 2. The van der Waals surface area contributed by atoms with Crippen molar-refractivity contribution in [2.75, 3.05) is 31.5 Å². The quantitative estimate of drug-likeness (QED) is 0.731. The fourth-order valence-electron chi connectivity index (χ4n) is 2.34. The van der Waals surface area contributed by atoms with Crippen molar-refractivity contribution in [1.29, 1.82) is 0 Å². The first-order valence-corrected chi connectivity index (χ1v) is 7.96. The van der Waals surface area contributed by atoms with Crippen LogP contribution in [0.3, 0.4) is 0 Å². The number of nitrogens with one attached hydrogen (secondary N) is 2. The van der Waals surface area contributed by atoms with E-state index in [1.54, 1.807) is 6.20 Å². The average molecular weight is 290 g/mol. The summed E-state index contributed by atoms with van der Waals surface area (Å²) in [6.45, 7) is 7.85. The van der Waals surface area contributed by atoms with Crippen LogP contribution < -0.4 is 10.6 Å². The lowest BCUT2D eigenvalue weighted by molar-refractivity contribution is 0.0947. The van der Waals surface area contributed by atoms with E-state index in [-0.39, 0.29) is 5.91 Å². The molecule has 1 aromatic rings. The van der Waals surface area contributed by atoms with Gasteiger partial charge in [-0.3, -0.25) is 9.69 Å². The summed E-state index contributed by atoms with van der Waals surface area (Å²) in [5, 5.41) is 6.16. The van der Waals surface area contributed by atoms with Crippen LogP contribution in [0.1, 0.15) is 43.5 Å². The average Bonchev–Trinajstić information content (AvgIpc) is 3.34. The fraction of sp³-hybridized carbons (Fsp3) is 0.625. The summed E-state index contributed by atoms with van der Waals surface area (Å²) < 4.78 is 0. The summed E-state index contributed by atoms with van der Waals surface area (Å²) in [6.07, 6.45) is 5.29. The molecule has 0 spiro atoms. The highest BCUT2D eigenvalue weighted by Crippen LogP contribution is 2.25. The SMILES string of the molecule is CCCNc1ccc(C(=O)NCCN(CC)C2CC2)cn1. The van der Waals surface area contributed by atoms with Gasteiger partial charge in [-0.2, -0.15) is 0 Å². The molecule has 2 N–H and O–H groups in total. The Morgan fingerprint density at radius 3 is 2.71 bits per heavy atom. The Morgan fingerprint density at radius 1 is 1.33 bits per heavy atom. The van der Waals surface area contributed by atoms with Crippen LogP contribution in [0.2, 0.25) is 0 Å². The van der Waals surface area contributed by atoms with Crippen molar-refractivity contribution in [1.82, 2.24) is 15.2 Å². The second-order valence-electron chi connectivity index (χ2n) is 5.47. The van der Waals surface area contributed by atoms with Gasteiger partial charge in [0.15, 0.2) is 0 Å². The largest absolute Gasteiger partial charge is 0.370 e. The number of aromatic nitrogens is 1. The molecule has 1 aromatic heterocycles. The van der Waals surface area contributed by atoms with E-state index in [0.717, 1.165) is 37.9 Å². The molecule has 1 amide bonds. The van der Waals surface area contributed by atoms with E-state index >= 15 is 0 Å². The number of hydrogen-bond acceptors (Lipinski definition) is 4. The Labute approximate surface area is 127 Å². The standard InChI is InChI=1S/C16H26N4O/c1-3-9-17-15-8-5-13(12-19-15)16(21)18-10-11-20(4-2)14-6-7-14/h5,8,12,14H,3-4,6-7,9-11H2,1-2H3,(H,17,19)(H,18,21). The topological polar surface area (TPSA) is 57.3 Å². The first kappa shape index (κ1) is 15.8. The van der Waals surface area contributed by atoms with Gasteiger partial charge < -0.3 is 10.6 Å². The lowest BCUT2D eigenvalue weighted by Crippen LogP contribution is -2.36. The Hall–Kier alpha value is -1.62. The van der Waals surface area contributed by atoms with E-state index in [4.69, 9.17) is 0 Å². The van der Waals surface area contributed by atoms with Gasteiger partial charge in [0.25, 0.3) is 5.91 Å². The number of carbonyl (C=O) groups is 1. The van der Waals surface area contributed by atoms with E-state index in [2.05, 4.69) is 34.4 Å². The highest BCUT2D eigenvalue weighted by molar-refractivity contribution is 5.94. The molecule has 0 aromatic carbocycles. The number of rotatable bonds is 9. The summed E-state index contributed by atoms with van der Waals surface area (Å²) in [6, 6.07) is 4.42. The summed E-state index contributed by atoms with van der Waals surface area (Å²) in [5.74, 6) is 0.774. The minimum Gasteiger partial charge on any atom is -0.370 e. The molecule has 1 heterocycles. The maximum absolute atomic E-state index is 12.0. The fourth-order valence-corrected chi connectivity index (χ4v) is 2.34. The van der Waals surface area contributed by atoms with E-state index in [0.29, 0.717) is 12.1 Å². The maximum Gasteiger partial charge on any atom is 0.252 e. The molecule has 0 bridgehead atoms. The molecule has 5 nitrogen and oxygen atoms in total. The van der Waals surface area contributed by atoms with Crippen molar-refractivity contribution in [3.05, 3.63) is 23.9 Å². The molecule has 2 rings (SSSR count). The van der Waals surface area contributed by atoms with Gasteiger partial charge in [0.05, 0.1) is 5.56 Å². The van der Waals surface area contributed by atoms with Gasteiger partial charge in [0, 0.05) is 31.9 Å². The highest BCUT2D eigenvalue weighted by Gasteiger charge is 2.27. The van der Waals surface area contributed by atoms with Gasteiger partial charge >= 0.3 is 0 Å². The van der Waals surface area contributed by atoms with Gasteiger partial charge in [0.1, 0.15) is 5.82 Å². The molecule has 1 fully saturated rings. The molecule has 5 heteroatoms. The monoisotopic (exact) mass is 290 g/mol. The first-order valence-electron chi connectivity index (χ1n) is 7.96. The van der Waals surface area contributed by atoms with Crippen LogP contribution in [0.25, 0.3) is 0 Å². The second-order valence-corrected chi connectivity index (χ2v) is 5.47. The molecule has 0 radical (unpaired) electrons. The van der Waals surface area contributed by atoms with Crippen molar-refractivity contribution in [2.24, 2.45) is 0 Å². The predicted molar refractivity (Wildman–Crippen MR) is 85.6 cm³/mol. The summed E-state index contributed by atoms with van der Waals surface area (Å²) in [7, 11) is 0. The number of carbonyl (C=O) groups excluding carboxylic acids is 1. The van der Waals surface area contributed by atoms with Crippen LogP contribution >= 0.6 is 0 Å². The first-order chi connectivity index (χ1) is 10.2. The molecule has 0 unspecified atom stereocenters. The molecule has 0 saturated heterocycles. The van der Waals surface area contributed by atoms with Gasteiger partial charge in [0.2, 0.25) is 0 Å². The Bertz CT molecular complexity index is 442. The van der Waals surface area contributed by atoms with Crippen LogP contribution in [0.5, 0.6) is 0 Å². The number of anilines is 1. The number of pyridine rings is 1. The van der Waals surface area contributed by atoms with E-state index < -0.39 is 0 Å². The lowest BCUT2D eigenvalue weighted by Gasteiger charge is -2.19. The molecular formula is C16H26N4O. The third-order valence-corrected chi connectivity index (χ3v) is 3.74. The summed E-state index contributed by atoms with van der Waals surface area (Å²) in [5.41, 5.74) is 0.617. The maximum atomic E-state index is 12.0. The van der Waals surface area contributed by atoms with Gasteiger partial charge in [-0.15, -0.1) is 0 Å². The van der Waals surface area contributed by atoms with E-state index in [1.165, 1.54) is 12.8 Å². The smallest absolute Gasteiger partial charge is 0.252 e. The van der Waals surface area contributed by atoms with Crippen molar-refractivity contribution >= 4 is 11.7 Å². The van der Waals surface area contributed by atoms with Crippen LogP contribution in [0.15, 0.2) is 18.3 Å². The van der Waals surface area contributed by atoms with Crippen LogP contribution in [0, 0.1) is 0 Å². The molecule has 1 saturated carbocycles. The summed E-state index contributed by atoms with van der Waals surface area (Å²) in [4.78, 5) is 18.7. The molecular weight excluding hydrogens is 264 g/mol. The minimum absolute atomic E-state index is 0.0450. The minimum atomic E-state index is -0.0450. The zero-order valence-corrected chi connectivity index (χ0v) is 13.1. The van der Waals surface area contributed by atoms with Crippen LogP contribution in [-0.4, -0.2) is 48.0 Å². The van der Waals surface area contributed by atoms with Crippen molar-refractivity contribution < 1.29 is 4.79 Å². The summed E-state index contributed by atoms with van der Waals surface area (Å²) >= 11 is 0. The van der Waals surface area contributed by atoms with E-state index in [9.17, 15) is 4.79 Å².